The Morgan fingerprint density at radius 3 is 2.61 bits per heavy atom. The molecular weight excluding hydrogens is 413 g/mol. The van der Waals surface area contributed by atoms with Crippen molar-refractivity contribution in [3.63, 3.8) is 0 Å². The van der Waals surface area contributed by atoms with Crippen molar-refractivity contribution in [3.8, 4) is 11.8 Å². The summed E-state index contributed by atoms with van der Waals surface area (Å²) in [5, 5.41) is 14.0. The minimum Gasteiger partial charge on any atom is -0.491 e. The lowest BCUT2D eigenvalue weighted by Crippen LogP contribution is -2.29. The number of ether oxygens (including phenoxy) is 2. The molecule has 0 saturated carbocycles. The Kier molecular flexibility index (Phi) is 6.56. The van der Waals surface area contributed by atoms with Crippen LogP contribution in [0.2, 0.25) is 0 Å². The predicted molar refractivity (Wildman–Crippen MR) is 108 cm³/mol. The van der Waals surface area contributed by atoms with Gasteiger partial charge >= 0.3 is 12.2 Å². The van der Waals surface area contributed by atoms with E-state index in [0.29, 0.717) is 23.7 Å². The Balaban J connectivity index is 1.63. The summed E-state index contributed by atoms with van der Waals surface area (Å²) >= 11 is 0. The highest BCUT2D eigenvalue weighted by molar-refractivity contribution is 5.88. The molecule has 2 aromatic rings. The van der Waals surface area contributed by atoms with E-state index in [-0.39, 0.29) is 18.7 Å². The molecule has 164 valence electrons. The number of nitriles is 1. The van der Waals surface area contributed by atoms with Crippen LogP contribution in [0, 0.1) is 11.3 Å². The van der Waals surface area contributed by atoms with Crippen LogP contribution in [0.3, 0.4) is 0 Å². The van der Waals surface area contributed by atoms with Crippen LogP contribution in [0.15, 0.2) is 42.5 Å². The van der Waals surface area contributed by atoms with Crippen molar-refractivity contribution in [2.24, 2.45) is 0 Å². The number of nitrogens with zero attached hydrogens (tertiary/aromatic N) is 2. The van der Waals surface area contributed by atoms with Crippen molar-refractivity contribution in [2.75, 3.05) is 30.4 Å². The Labute approximate surface area is 177 Å². The highest BCUT2D eigenvalue weighted by Crippen LogP contribution is 2.36. The lowest BCUT2D eigenvalue weighted by molar-refractivity contribution is -0.137. The normalized spacial score (nSPS) is 18.4. The van der Waals surface area contributed by atoms with E-state index in [9.17, 15) is 18.0 Å². The molecular formula is C21H21F3N4O3. The molecule has 1 saturated heterocycles. The summed E-state index contributed by atoms with van der Waals surface area (Å²) in [5.74, 6) is 0.565. The van der Waals surface area contributed by atoms with Crippen molar-refractivity contribution < 1.29 is 27.4 Å². The Bertz CT molecular complexity index is 973. The third-order valence-corrected chi connectivity index (χ3v) is 4.76. The van der Waals surface area contributed by atoms with E-state index in [2.05, 4.69) is 10.6 Å². The van der Waals surface area contributed by atoms with Crippen LogP contribution >= 0.6 is 0 Å². The van der Waals surface area contributed by atoms with E-state index >= 15 is 0 Å². The maximum Gasteiger partial charge on any atom is 0.417 e. The number of hydrogen-bond acceptors (Lipinski definition) is 5. The van der Waals surface area contributed by atoms with Gasteiger partial charge in [-0.25, -0.2) is 4.79 Å². The summed E-state index contributed by atoms with van der Waals surface area (Å²) in [6, 6.07) is 11.6. The third kappa shape index (κ3) is 5.38. The van der Waals surface area contributed by atoms with Crippen molar-refractivity contribution in [2.45, 2.75) is 25.4 Å². The van der Waals surface area contributed by atoms with E-state index in [1.807, 2.05) is 0 Å². The van der Waals surface area contributed by atoms with Gasteiger partial charge in [0.05, 0.1) is 23.7 Å². The molecule has 0 bridgehead atoms. The number of rotatable bonds is 5. The highest BCUT2D eigenvalue weighted by atomic mass is 19.4. The molecule has 1 fully saturated rings. The minimum absolute atomic E-state index is 0.200. The topological polar surface area (TPSA) is 86.6 Å². The molecule has 0 aliphatic carbocycles. The predicted octanol–water partition coefficient (Wildman–Crippen LogP) is 3.96. The zero-order valence-electron chi connectivity index (χ0n) is 16.9. The molecule has 7 nitrogen and oxygen atoms in total. The fourth-order valence-corrected chi connectivity index (χ4v) is 3.23. The number of amides is 2. The summed E-state index contributed by atoms with van der Waals surface area (Å²) in [6.45, 7) is 2.27. The summed E-state index contributed by atoms with van der Waals surface area (Å²) in [4.78, 5) is 13.0. The second-order valence-corrected chi connectivity index (χ2v) is 6.89. The molecule has 2 N–H and O–H groups in total. The van der Waals surface area contributed by atoms with Crippen molar-refractivity contribution in [3.05, 3.63) is 53.6 Å². The van der Waals surface area contributed by atoms with Gasteiger partial charge in [0.1, 0.15) is 24.7 Å². The molecule has 0 unspecified atom stereocenters. The molecule has 3 rings (SSSR count). The van der Waals surface area contributed by atoms with Crippen molar-refractivity contribution >= 4 is 17.4 Å². The first-order valence-corrected chi connectivity index (χ1v) is 9.46. The van der Waals surface area contributed by atoms with Crippen LogP contribution in [-0.4, -0.2) is 38.6 Å². The lowest BCUT2D eigenvalue weighted by atomic mass is 10.1. The Hall–Kier alpha value is -3.45. The molecule has 1 aliphatic rings. The van der Waals surface area contributed by atoms with Crippen LogP contribution in [0.5, 0.6) is 5.75 Å². The van der Waals surface area contributed by atoms with Crippen LogP contribution in [0.25, 0.3) is 0 Å². The summed E-state index contributed by atoms with van der Waals surface area (Å²) in [5.41, 5.74) is -0.459. The van der Waals surface area contributed by atoms with Crippen LogP contribution in [0.4, 0.5) is 29.3 Å². The first-order chi connectivity index (χ1) is 14.7. The molecule has 31 heavy (non-hydrogen) atoms. The molecule has 10 heteroatoms. The average molecular weight is 434 g/mol. The number of halogens is 3. The fourth-order valence-electron chi connectivity index (χ4n) is 3.23. The Morgan fingerprint density at radius 1 is 1.29 bits per heavy atom. The van der Waals surface area contributed by atoms with E-state index < -0.39 is 23.5 Å². The first kappa shape index (κ1) is 22.2. The maximum atomic E-state index is 13.3. The lowest BCUT2D eigenvalue weighted by Gasteiger charge is -2.23. The van der Waals surface area contributed by atoms with Crippen LogP contribution in [-0.2, 0) is 10.9 Å². The fraction of sp³-hybridized carbons (Fsp3) is 0.333. The van der Waals surface area contributed by atoms with Gasteiger partial charge in [0.25, 0.3) is 0 Å². The van der Waals surface area contributed by atoms with Gasteiger partial charge in [-0.1, -0.05) is 0 Å². The molecule has 2 aromatic carbocycles. The monoisotopic (exact) mass is 434 g/mol. The van der Waals surface area contributed by atoms with Gasteiger partial charge in [-0.2, -0.15) is 18.4 Å². The van der Waals surface area contributed by atoms with Crippen LogP contribution in [0.1, 0.15) is 18.1 Å². The smallest absolute Gasteiger partial charge is 0.417 e. The zero-order valence-corrected chi connectivity index (χ0v) is 16.9. The molecule has 0 spiro atoms. The minimum atomic E-state index is -4.62. The molecule has 0 aromatic heterocycles. The van der Waals surface area contributed by atoms with Crippen molar-refractivity contribution in [1.29, 1.82) is 5.26 Å². The SMILES string of the molecule is CNC(=O)Nc1ccc(OC[C@@H]2CN(c3ccc(C#N)c(C(F)(F)F)c3)[C@@H](C)O2)cc1. The number of nitrogens with one attached hydrogen (secondary N) is 2. The Morgan fingerprint density at radius 2 is 2.00 bits per heavy atom. The quantitative estimate of drug-likeness (QED) is 0.744. The highest BCUT2D eigenvalue weighted by Gasteiger charge is 2.36. The summed E-state index contributed by atoms with van der Waals surface area (Å²) in [7, 11) is 1.51. The summed E-state index contributed by atoms with van der Waals surface area (Å²) in [6.07, 6.45) is -5.43. The van der Waals surface area contributed by atoms with E-state index in [0.717, 1.165) is 6.07 Å². The number of anilines is 2. The van der Waals surface area contributed by atoms with Crippen LogP contribution < -0.4 is 20.3 Å². The number of alkyl halides is 3. The molecule has 0 radical (unpaired) electrons. The maximum absolute atomic E-state index is 13.3. The van der Waals surface area contributed by atoms with Gasteiger partial charge in [0.15, 0.2) is 0 Å². The number of urea groups is 1. The van der Waals surface area contributed by atoms with Gasteiger partial charge in [-0.05, 0) is 49.4 Å². The second-order valence-electron chi connectivity index (χ2n) is 6.89. The standard InChI is InChI=1S/C21H21F3N4O3/c1-13-28(16-6-3-14(10-25)19(9-16)21(22,23)24)11-18(31-13)12-30-17-7-4-15(5-8-17)27-20(29)26-2/h3-9,13,18H,11-12H2,1-2H3,(H2,26,27,29)/t13-,18+/m1/s1. The van der Waals surface area contributed by atoms with E-state index in [1.165, 1.54) is 19.2 Å². The average Bonchev–Trinajstić information content (AvgIpc) is 3.12. The number of carbonyl (C=O) groups is 1. The van der Waals surface area contributed by atoms with Crippen molar-refractivity contribution in [1.82, 2.24) is 5.32 Å². The number of carbonyl (C=O) groups excluding carboxylic acids is 1. The summed E-state index contributed by atoms with van der Waals surface area (Å²) < 4.78 is 51.3. The number of benzene rings is 2. The largest absolute Gasteiger partial charge is 0.491 e. The van der Waals surface area contributed by atoms with Gasteiger partial charge < -0.3 is 25.0 Å². The zero-order chi connectivity index (χ0) is 22.6. The third-order valence-electron chi connectivity index (χ3n) is 4.76. The molecule has 1 heterocycles. The van der Waals surface area contributed by atoms with E-state index in [4.69, 9.17) is 14.7 Å². The van der Waals surface area contributed by atoms with Gasteiger partial charge in [0, 0.05) is 18.4 Å². The van der Waals surface area contributed by atoms with E-state index in [1.54, 1.807) is 42.2 Å². The van der Waals surface area contributed by atoms with Gasteiger partial charge in [0.2, 0.25) is 0 Å². The first-order valence-electron chi connectivity index (χ1n) is 9.46. The van der Waals surface area contributed by atoms with Gasteiger partial charge in [-0.3, -0.25) is 0 Å². The molecule has 2 amide bonds. The second kappa shape index (κ2) is 9.14. The molecule has 2 atom stereocenters. The molecule has 1 aliphatic heterocycles. The van der Waals surface area contributed by atoms with Gasteiger partial charge in [-0.15, -0.1) is 0 Å². The number of hydrogen-bond donors (Lipinski definition) is 2.